The Labute approximate surface area is 282 Å². The SMILES string of the molecule is CC1(C)c2ccccc2-c2cc(N(c3ccc(-c4ccc(-c5ccccc5)cc4)cc3)c3cc4ccccc4c4ccccc34)ccc21. The van der Waals surface area contributed by atoms with E-state index < -0.39 is 0 Å². The largest absolute Gasteiger partial charge is 0.310 e. The van der Waals surface area contributed by atoms with E-state index in [-0.39, 0.29) is 5.41 Å². The minimum atomic E-state index is -0.0390. The van der Waals surface area contributed by atoms with Gasteiger partial charge in [-0.15, -0.1) is 0 Å². The number of hydrogen-bond donors (Lipinski definition) is 0. The zero-order valence-electron chi connectivity index (χ0n) is 27.2. The van der Waals surface area contributed by atoms with Crippen molar-refractivity contribution in [1.82, 2.24) is 0 Å². The molecule has 0 bridgehead atoms. The van der Waals surface area contributed by atoms with Gasteiger partial charge in [-0.1, -0.05) is 159 Å². The van der Waals surface area contributed by atoms with Crippen LogP contribution >= 0.6 is 0 Å². The van der Waals surface area contributed by atoms with Gasteiger partial charge in [0.05, 0.1) is 5.69 Å². The minimum Gasteiger partial charge on any atom is -0.310 e. The van der Waals surface area contributed by atoms with Gasteiger partial charge in [0.1, 0.15) is 0 Å². The van der Waals surface area contributed by atoms with Gasteiger partial charge >= 0.3 is 0 Å². The Morgan fingerprint density at radius 3 is 1.62 bits per heavy atom. The van der Waals surface area contributed by atoms with Gasteiger partial charge < -0.3 is 4.90 Å². The molecule has 0 atom stereocenters. The Bertz CT molecular complexity index is 2450. The Hall–Kier alpha value is -5.92. The maximum absolute atomic E-state index is 2.45. The number of fused-ring (bicyclic) bond motifs is 6. The van der Waals surface area contributed by atoms with E-state index in [0.717, 1.165) is 11.4 Å². The fourth-order valence-corrected chi connectivity index (χ4v) is 7.78. The molecule has 0 radical (unpaired) electrons. The van der Waals surface area contributed by atoms with Crippen molar-refractivity contribution in [3.05, 3.63) is 187 Å². The fourth-order valence-electron chi connectivity index (χ4n) is 7.78. The number of nitrogens with zero attached hydrogens (tertiary/aromatic N) is 1. The fraction of sp³-hybridized carbons (Fsp3) is 0.0638. The molecule has 0 aromatic heterocycles. The van der Waals surface area contributed by atoms with Crippen LogP contribution in [0.15, 0.2) is 176 Å². The number of anilines is 3. The van der Waals surface area contributed by atoms with Gasteiger partial charge in [-0.05, 0) is 91.0 Å². The molecule has 9 rings (SSSR count). The molecule has 0 amide bonds. The molecule has 0 saturated carbocycles. The van der Waals surface area contributed by atoms with Crippen LogP contribution in [0.3, 0.4) is 0 Å². The third-order valence-electron chi connectivity index (χ3n) is 10.3. The summed E-state index contributed by atoms with van der Waals surface area (Å²) in [6.07, 6.45) is 0. The van der Waals surface area contributed by atoms with E-state index in [0.29, 0.717) is 0 Å². The molecule has 0 saturated heterocycles. The summed E-state index contributed by atoms with van der Waals surface area (Å²) in [6, 6.07) is 64.4. The number of hydrogen-bond acceptors (Lipinski definition) is 1. The lowest BCUT2D eigenvalue weighted by molar-refractivity contribution is 0.660. The van der Waals surface area contributed by atoms with Crippen LogP contribution < -0.4 is 4.90 Å². The molecule has 1 aliphatic rings. The van der Waals surface area contributed by atoms with E-state index >= 15 is 0 Å². The van der Waals surface area contributed by atoms with Gasteiger partial charge in [0.2, 0.25) is 0 Å². The smallest absolute Gasteiger partial charge is 0.0546 e. The first-order valence-corrected chi connectivity index (χ1v) is 16.8. The van der Waals surface area contributed by atoms with Crippen LogP contribution in [0, 0.1) is 0 Å². The van der Waals surface area contributed by atoms with Crippen molar-refractivity contribution in [3.63, 3.8) is 0 Å². The van der Waals surface area contributed by atoms with Crippen molar-refractivity contribution >= 4 is 38.6 Å². The molecule has 0 heterocycles. The van der Waals surface area contributed by atoms with Crippen molar-refractivity contribution < 1.29 is 0 Å². The monoisotopic (exact) mass is 613 g/mol. The molecule has 0 unspecified atom stereocenters. The summed E-state index contributed by atoms with van der Waals surface area (Å²) in [6.45, 7) is 4.69. The van der Waals surface area contributed by atoms with Crippen LogP contribution in [0.4, 0.5) is 17.1 Å². The van der Waals surface area contributed by atoms with E-state index in [4.69, 9.17) is 0 Å². The normalized spacial score (nSPS) is 13.0. The standard InChI is InChI=1S/C47H35N/c1-47(2)44-19-11-10-17-41(44)43-31-38(28-29-45(43)47)48(46-30-36-14-6-7-15-39(36)40-16-8-9-18-42(40)46)37-26-24-35(25-27-37)34-22-20-33(21-23-34)32-12-4-3-5-13-32/h3-31H,1-2H3. The van der Waals surface area contributed by atoms with Gasteiger partial charge in [-0.2, -0.15) is 0 Å². The zero-order chi connectivity index (χ0) is 32.2. The van der Waals surface area contributed by atoms with Gasteiger partial charge in [-0.25, -0.2) is 0 Å². The van der Waals surface area contributed by atoms with Crippen molar-refractivity contribution in [2.45, 2.75) is 19.3 Å². The van der Waals surface area contributed by atoms with Gasteiger partial charge in [0.15, 0.2) is 0 Å². The third-order valence-corrected chi connectivity index (χ3v) is 10.3. The summed E-state index contributed by atoms with van der Waals surface area (Å²) in [7, 11) is 0. The summed E-state index contributed by atoms with van der Waals surface area (Å²) in [5.74, 6) is 0. The van der Waals surface area contributed by atoms with Crippen LogP contribution in [-0.2, 0) is 5.41 Å². The highest BCUT2D eigenvalue weighted by molar-refractivity contribution is 6.14. The summed E-state index contributed by atoms with van der Waals surface area (Å²) in [5, 5.41) is 5.01. The lowest BCUT2D eigenvalue weighted by atomic mass is 9.82. The van der Waals surface area contributed by atoms with Gasteiger partial charge in [0.25, 0.3) is 0 Å². The van der Waals surface area contributed by atoms with Gasteiger partial charge in [-0.3, -0.25) is 0 Å². The second kappa shape index (κ2) is 11.1. The molecular formula is C47H35N. The van der Waals surface area contributed by atoms with E-state index in [2.05, 4.69) is 195 Å². The van der Waals surface area contributed by atoms with Gasteiger partial charge in [0, 0.05) is 22.2 Å². The zero-order valence-corrected chi connectivity index (χ0v) is 27.2. The summed E-state index contributed by atoms with van der Waals surface area (Å²) >= 11 is 0. The van der Waals surface area contributed by atoms with Crippen LogP contribution in [0.1, 0.15) is 25.0 Å². The summed E-state index contributed by atoms with van der Waals surface area (Å²) in [5.41, 5.74) is 13.7. The molecular weight excluding hydrogens is 579 g/mol. The van der Waals surface area contributed by atoms with Crippen molar-refractivity contribution in [3.8, 4) is 33.4 Å². The van der Waals surface area contributed by atoms with Crippen LogP contribution in [0.5, 0.6) is 0 Å². The minimum absolute atomic E-state index is 0.0390. The van der Waals surface area contributed by atoms with E-state index in [1.807, 2.05) is 0 Å². The van der Waals surface area contributed by atoms with Crippen molar-refractivity contribution in [1.29, 1.82) is 0 Å². The lowest BCUT2D eigenvalue weighted by Crippen LogP contribution is -2.15. The molecule has 0 aliphatic heterocycles. The average Bonchev–Trinajstić information content (AvgIpc) is 3.38. The molecule has 0 spiro atoms. The molecule has 0 fully saturated rings. The predicted molar refractivity (Wildman–Crippen MR) is 205 cm³/mol. The van der Waals surface area contributed by atoms with E-state index in [1.165, 1.54) is 71.7 Å². The quantitative estimate of drug-likeness (QED) is 0.175. The average molecular weight is 614 g/mol. The highest BCUT2D eigenvalue weighted by atomic mass is 15.1. The number of rotatable bonds is 5. The Kier molecular flexibility index (Phi) is 6.55. The second-order valence-corrected chi connectivity index (χ2v) is 13.4. The summed E-state index contributed by atoms with van der Waals surface area (Å²) < 4.78 is 0. The van der Waals surface area contributed by atoms with Crippen molar-refractivity contribution in [2.24, 2.45) is 0 Å². The lowest BCUT2D eigenvalue weighted by Gasteiger charge is -2.29. The molecule has 0 N–H and O–H groups in total. The molecule has 48 heavy (non-hydrogen) atoms. The first-order valence-electron chi connectivity index (χ1n) is 16.8. The number of benzene rings is 8. The maximum atomic E-state index is 2.45. The topological polar surface area (TPSA) is 3.24 Å². The first kappa shape index (κ1) is 28.3. The summed E-state index contributed by atoms with van der Waals surface area (Å²) in [4.78, 5) is 2.45. The highest BCUT2D eigenvalue weighted by Crippen LogP contribution is 2.51. The highest BCUT2D eigenvalue weighted by Gasteiger charge is 2.35. The Morgan fingerprint density at radius 1 is 0.375 bits per heavy atom. The van der Waals surface area contributed by atoms with Crippen LogP contribution in [-0.4, -0.2) is 0 Å². The Morgan fingerprint density at radius 2 is 0.896 bits per heavy atom. The predicted octanol–water partition coefficient (Wildman–Crippen LogP) is 13.1. The van der Waals surface area contributed by atoms with Crippen molar-refractivity contribution in [2.75, 3.05) is 4.90 Å². The third kappa shape index (κ3) is 4.54. The maximum Gasteiger partial charge on any atom is 0.0546 e. The molecule has 8 aromatic carbocycles. The molecule has 8 aromatic rings. The molecule has 228 valence electrons. The van der Waals surface area contributed by atoms with Crippen LogP contribution in [0.2, 0.25) is 0 Å². The first-order chi connectivity index (χ1) is 23.6. The molecule has 1 heteroatoms. The molecule has 1 nitrogen and oxygen atoms in total. The second-order valence-electron chi connectivity index (χ2n) is 13.4. The van der Waals surface area contributed by atoms with Crippen LogP contribution in [0.25, 0.3) is 54.9 Å². The van der Waals surface area contributed by atoms with E-state index in [9.17, 15) is 0 Å². The van der Waals surface area contributed by atoms with E-state index in [1.54, 1.807) is 0 Å². The Balaban J connectivity index is 1.21. The molecule has 1 aliphatic carbocycles.